The lowest BCUT2D eigenvalue weighted by atomic mass is 9.89. The van der Waals surface area contributed by atoms with Gasteiger partial charge in [0.15, 0.2) is 0 Å². The predicted molar refractivity (Wildman–Crippen MR) is 66.8 cm³/mol. The van der Waals surface area contributed by atoms with Gasteiger partial charge in [0.2, 0.25) is 0 Å². The second kappa shape index (κ2) is 4.69. The standard InChI is InChI=1S/C15H20O2/c16-9-12-2-1-3-15(8-12)17-10-14-7-11-4-5-13(14)6-11/h1-3,8,11,13-14,16H,4-7,9-10H2. The molecule has 0 amide bonds. The lowest BCUT2D eigenvalue weighted by molar-refractivity contribution is 0.194. The molecule has 2 fully saturated rings. The summed E-state index contributed by atoms with van der Waals surface area (Å²) >= 11 is 0. The Bertz CT molecular complexity index is 388. The smallest absolute Gasteiger partial charge is 0.119 e. The third-order valence-electron chi connectivity index (χ3n) is 4.43. The van der Waals surface area contributed by atoms with E-state index in [1.165, 1.54) is 25.7 Å². The molecule has 1 aromatic rings. The van der Waals surface area contributed by atoms with E-state index in [2.05, 4.69) is 0 Å². The van der Waals surface area contributed by atoms with E-state index in [1.807, 2.05) is 24.3 Å². The Morgan fingerprint density at radius 3 is 2.88 bits per heavy atom. The van der Waals surface area contributed by atoms with Crippen LogP contribution in [0.2, 0.25) is 0 Å². The molecule has 2 heteroatoms. The van der Waals surface area contributed by atoms with Gasteiger partial charge in [0, 0.05) is 0 Å². The molecule has 3 unspecified atom stereocenters. The average molecular weight is 232 g/mol. The quantitative estimate of drug-likeness (QED) is 0.864. The molecule has 0 aromatic heterocycles. The van der Waals surface area contributed by atoms with Crippen molar-refractivity contribution >= 4 is 0 Å². The van der Waals surface area contributed by atoms with E-state index in [1.54, 1.807) is 0 Å². The van der Waals surface area contributed by atoms with Crippen molar-refractivity contribution in [3.63, 3.8) is 0 Å². The van der Waals surface area contributed by atoms with E-state index in [4.69, 9.17) is 9.84 Å². The summed E-state index contributed by atoms with van der Waals surface area (Å²) in [6.45, 7) is 0.946. The first-order valence-corrected chi connectivity index (χ1v) is 6.68. The number of hydrogen-bond donors (Lipinski definition) is 1. The van der Waals surface area contributed by atoms with E-state index in [0.717, 1.165) is 35.7 Å². The molecule has 2 saturated carbocycles. The first-order valence-electron chi connectivity index (χ1n) is 6.68. The molecule has 1 N–H and O–H groups in total. The maximum absolute atomic E-state index is 9.07. The molecule has 2 aliphatic rings. The number of benzene rings is 1. The van der Waals surface area contributed by atoms with Crippen molar-refractivity contribution < 1.29 is 9.84 Å². The summed E-state index contributed by atoms with van der Waals surface area (Å²) in [5.74, 6) is 3.57. The third-order valence-corrected chi connectivity index (χ3v) is 4.43. The first kappa shape index (κ1) is 11.1. The van der Waals surface area contributed by atoms with Crippen molar-refractivity contribution in [3.8, 4) is 5.75 Å². The molecular formula is C15H20O2. The van der Waals surface area contributed by atoms with Crippen LogP contribution >= 0.6 is 0 Å². The molecule has 0 saturated heterocycles. The maximum Gasteiger partial charge on any atom is 0.119 e. The summed E-state index contributed by atoms with van der Waals surface area (Å²) in [4.78, 5) is 0. The Balaban J connectivity index is 1.56. The van der Waals surface area contributed by atoms with Crippen LogP contribution in [0.3, 0.4) is 0 Å². The zero-order valence-corrected chi connectivity index (χ0v) is 10.1. The number of aliphatic hydroxyl groups excluding tert-OH is 1. The summed E-state index contributed by atoms with van der Waals surface area (Å²) < 4.78 is 5.87. The van der Waals surface area contributed by atoms with Gasteiger partial charge < -0.3 is 9.84 Å². The molecule has 0 aliphatic heterocycles. The summed E-state index contributed by atoms with van der Waals surface area (Å²) in [7, 11) is 0. The Kier molecular flexibility index (Phi) is 3.06. The van der Waals surface area contributed by atoms with Gasteiger partial charge in [0.1, 0.15) is 5.75 Å². The van der Waals surface area contributed by atoms with Crippen molar-refractivity contribution in [2.75, 3.05) is 6.61 Å². The highest BCUT2D eigenvalue weighted by atomic mass is 16.5. The van der Waals surface area contributed by atoms with Crippen LogP contribution in [0.15, 0.2) is 24.3 Å². The van der Waals surface area contributed by atoms with Crippen LogP contribution in [0.25, 0.3) is 0 Å². The lowest BCUT2D eigenvalue weighted by Crippen LogP contribution is -2.18. The Morgan fingerprint density at radius 2 is 2.18 bits per heavy atom. The number of aliphatic hydroxyl groups is 1. The normalized spacial score (nSPS) is 30.8. The summed E-state index contributed by atoms with van der Waals surface area (Å²) in [5.41, 5.74) is 0.926. The van der Waals surface area contributed by atoms with Crippen LogP contribution in [-0.2, 0) is 6.61 Å². The van der Waals surface area contributed by atoms with Gasteiger partial charge in [0.05, 0.1) is 13.2 Å². The largest absolute Gasteiger partial charge is 0.493 e. The van der Waals surface area contributed by atoms with Crippen LogP contribution < -0.4 is 4.74 Å². The van der Waals surface area contributed by atoms with Gasteiger partial charge in [-0.15, -0.1) is 0 Å². The van der Waals surface area contributed by atoms with Crippen molar-refractivity contribution in [3.05, 3.63) is 29.8 Å². The van der Waals surface area contributed by atoms with Crippen molar-refractivity contribution in [2.45, 2.75) is 32.3 Å². The highest BCUT2D eigenvalue weighted by Gasteiger charge is 2.39. The summed E-state index contributed by atoms with van der Waals surface area (Å²) in [6, 6.07) is 7.78. The first-order chi connectivity index (χ1) is 8.35. The van der Waals surface area contributed by atoms with Crippen LogP contribution in [0.5, 0.6) is 5.75 Å². The van der Waals surface area contributed by atoms with Gasteiger partial charge in [-0.05, 0) is 54.7 Å². The van der Waals surface area contributed by atoms with Crippen molar-refractivity contribution in [2.24, 2.45) is 17.8 Å². The van der Waals surface area contributed by atoms with Crippen LogP contribution in [0, 0.1) is 17.8 Å². The number of ether oxygens (including phenoxy) is 1. The molecule has 0 spiro atoms. The molecule has 17 heavy (non-hydrogen) atoms. The number of rotatable bonds is 4. The average Bonchev–Trinajstić information content (AvgIpc) is 2.99. The third kappa shape index (κ3) is 2.32. The van der Waals surface area contributed by atoms with E-state index >= 15 is 0 Å². The second-order valence-electron chi connectivity index (χ2n) is 5.55. The Hall–Kier alpha value is -1.02. The SMILES string of the molecule is OCc1cccc(OCC2CC3CCC2C3)c1. The topological polar surface area (TPSA) is 29.5 Å². The Labute approximate surface area is 103 Å². The summed E-state index contributed by atoms with van der Waals surface area (Å²) in [5, 5.41) is 9.07. The van der Waals surface area contributed by atoms with Crippen LogP contribution in [0.1, 0.15) is 31.2 Å². The van der Waals surface area contributed by atoms with Crippen LogP contribution in [-0.4, -0.2) is 11.7 Å². The fourth-order valence-electron chi connectivity index (χ4n) is 3.52. The Morgan fingerprint density at radius 1 is 1.24 bits per heavy atom. The van der Waals surface area contributed by atoms with Gasteiger partial charge in [-0.25, -0.2) is 0 Å². The van der Waals surface area contributed by atoms with E-state index in [0.29, 0.717) is 0 Å². The van der Waals surface area contributed by atoms with Crippen molar-refractivity contribution in [1.29, 1.82) is 0 Å². The van der Waals surface area contributed by atoms with Gasteiger partial charge >= 0.3 is 0 Å². The van der Waals surface area contributed by atoms with Crippen LogP contribution in [0.4, 0.5) is 0 Å². The number of hydrogen-bond acceptors (Lipinski definition) is 2. The molecule has 92 valence electrons. The lowest BCUT2D eigenvalue weighted by Gasteiger charge is -2.21. The minimum atomic E-state index is 0.0886. The number of fused-ring (bicyclic) bond motifs is 2. The molecule has 2 nitrogen and oxygen atoms in total. The molecule has 0 radical (unpaired) electrons. The monoisotopic (exact) mass is 232 g/mol. The second-order valence-corrected chi connectivity index (χ2v) is 5.55. The molecule has 3 atom stereocenters. The molecule has 2 aliphatic carbocycles. The van der Waals surface area contributed by atoms with Gasteiger partial charge in [-0.1, -0.05) is 18.6 Å². The maximum atomic E-state index is 9.07. The van der Waals surface area contributed by atoms with Crippen molar-refractivity contribution in [1.82, 2.24) is 0 Å². The molecule has 2 bridgehead atoms. The predicted octanol–water partition coefficient (Wildman–Crippen LogP) is 2.99. The highest BCUT2D eigenvalue weighted by molar-refractivity contribution is 5.28. The minimum absolute atomic E-state index is 0.0886. The van der Waals surface area contributed by atoms with Gasteiger partial charge in [-0.3, -0.25) is 0 Å². The molecule has 1 aromatic carbocycles. The molecule has 3 rings (SSSR count). The zero-order valence-electron chi connectivity index (χ0n) is 10.1. The minimum Gasteiger partial charge on any atom is -0.493 e. The van der Waals surface area contributed by atoms with Gasteiger partial charge in [-0.2, -0.15) is 0 Å². The van der Waals surface area contributed by atoms with E-state index < -0.39 is 0 Å². The fourth-order valence-corrected chi connectivity index (χ4v) is 3.52. The highest BCUT2D eigenvalue weighted by Crippen LogP contribution is 2.48. The molecule has 0 heterocycles. The van der Waals surface area contributed by atoms with Gasteiger partial charge in [0.25, 0.3) is 0 Å². The van der Waals surface area contributed by atoms with E-state index in [9.17, 15) is 0 Å². The fraction of sp³-hybridized carbons (Fsp3) is 0.600. The molecular weight excluding hydrogens is 212 g/mol. The summed E-state index contributed by atoms with van der Waals surface area (Å²) in [6.07, 6.45) is 5.66. The zero-order chi connectivity index (χ0) is 11.7. The van der Waals surface area contributed by atoms with E-state index in [-0.39, 0.29) is 6.61 Å².